The quantitative estimate of drug-likeness (QED) is 0.295. The molecule has 128 valence electrons. The lowest BCUT2D eigenvalue weighted by Gasteiger charge is -2.12. The lowest BCUT2D eigenvalue weighted by Crippen LogP contribution is -2.29. The number of benzene rings is 1. The molecule has 0 saturated heterocycles. The van der Waals surface area contributed by atoms with Crippen LogP contribution in [-0.4, -0.2) is 31.2 Å². The van der Waals surface area contributed by atoms with Gasteiger partial charge in [-0.05, 0) is 25.5 Å². The number of esters is 1. The molecule has 0 aliphatic carbocycles. The summed E-state index contributed by atoms with van der Waals surface area (Å²) in [4.78, 5) is 21.7. The van der Waals surface area contributed by atoms with Gasteiger partial charge in [0.05, 0.1) is 16.4 Å². The van der Waals surface area contributed by atoms with Crippen LogP contribution in [0.5, 0.6) is 0 Å². The van der Waals surface area contributed by atoms with E-state index < -0.39 is 26.0 Å². The fourth-order valence-electron chi connectivity index (χ4n) is 1.91. The van der Waals surface area contributed by atoms with Gasteiger partial charge in [-0.1, -0.05) is 26.2 Å². The van der Waals surface area contributed by atoms with Crippen molar-refractivity contribution >= 4 is 21.5 Å². The zero-order chi connectivity index (χ0) is 17.5. The van der Waals surface area contributed by atoms with Crippen molar-refractivity contribution in [3.8, 4) is 0 Å². The summed E-state index contributed by atoms with van der Waals surface area (Å²) in [6, 6.07) is 4.43. The Bertz CT molecular complexity index is 638. The number of rotatable bonds is 9. The van der Waals surface area contributed by atoms with E-state index in [0.717, 1.165) is 43.5 Å². The minimum Gasteiger partial charge on any atom is -0.465 e. The number of nitro groups is 1. The second-order valence-corrected chi connectivity index (χ2v) is 7.43. The molecule has 0 fully saturated rings. The molecule has 0 bridgehead atoms. The second kappa shape index (κ2) is 8.61. The highest BCUT2D eigenvalue weighted by Gasteiger charge is 2.31. The Labute approximate surface area is 135 Å². The molecule has 0 radical (unpaired) electrons. The van der Waals surface area contributed by atoms with Crippen LogP contribution in [0.15, 0.2) is 29.2 Å². The fourth-order valence-corrected chi connectivity index (χ4v) is 3.15. The standard InChI is InChI=1S/C15H21NO6S/c1-3-4-5-6-11-22-15(17)12(2)23(20,21)14-9-7-13(8-10-14)16(18)19/h7-10,12H,3-6,11H2,1-2H3. The maximum absolute atomic E-state index is 12.3. The summed E-state index contributed by atoms with van der Waals surface area (Å²) in [7, 11) is -3.93. The van der Waals surface area contributed by atoms with Crippen molar-refractivity contribution in [2.24, 2.45) is 0 Å². The van der Waals surface area contributed by atoms with Gasteiger partial charge in [-0.15, -0.1) is 0 Å². The van der Waals surface area contributed by atoms with Crippen molar-refractivity contribution in [2.45, 2.75) is 49.7 Å². The smallest absolute Gasteiger partial charge is 0.324 e. The Morgan fingerprint density at radius 2 is 1.83 bits per heavy atom. The van der Waals surface area contributed by atoms with Gasteiger partial charge in [0.15, 0.2) is 15.1 Å². The summed E-state index contributed by atoms with van der Waals surface area (Å²) in [5.74, 6) is -0.806. The second-order valence-electron chi connectivity index (χ2n) is 5.17. The molecule has 0 heterocycles. The van der Waals surface area contributed by atoms with E-state index >= 15 is 0 Å². The number of carbonyl (C=O) groups is 1. The molecule has 0 aliphatic rings. The van der Waals surface area contributed by atoms with E-state index in [4.69, 9.17) is 4.74 Å². The number of nitro benzene ring substituents is 1. The topological polar surface area (TPSA) is 104 Å². The van der Waals surface area contributed by atoms with Crippen LogP contribution in [-0.2, 0) is 19.4 Å². The van der Waals surface area contributed by atoms with E-state index in [9.17, 15) is 23.3 Å². The van der Waals surface area contributed by atoms with Crippen molar-refractivity contribution in [1.29, 1.82) is 0 Å². The molecule has 0 saturated carbocycles. The molecule has 1 atom stereocenters. The molecule has 7 nitrogen and oxygen atoms in total. The van der Waals surface area contributed by atoms with Gasteiger partial charge in [0.25, 0.3) is 5.69 Å². The van der Waals surface area contributed by atoms with Crippen molar-refractivity contribution in [3.63, 3.8) is 0 Å². The normalized spacial score (nSPS) is 12.6. The summed E-state index contributed by atoms with van der Waals surface area (Å²) < 4.78 is 29.6. The van der Waals surface area contributed by atoms with Gasteiger partial charge in [-0.3, -0.25) is 14.9 Å². The molecule has 1 aromatic rings. The van der Waals surface area contributed by atoms with Gasteiger partial charge < -0.3 is 4.74 Å². The van der Waals surface area contributed by atoms with Crippen LogP contribution in [0.1, 0.15) is 39.5 Å². The van der Waals surface area contributed by atoms with E-state index in [1.807, 2.05) is 0 Å². The zero-order valence-electron chi connectivity index (χ0n) is 13.2. The van der Waals surface area contributed by atoms with Crippen molar-refractivity contribution in [2.75, 3.05) is 6.61 Å². The van der Waals surface area contributed by atoms with Crippen LogP contribution in [0, 0.1) is 10.1 Å². The molecule has 1 aromatic carbocycles. The molecule has 0 spiro atoms. The molecule has 0 aromatic heterocycles. The number of unbranched alkanes of at least 4 members (excludes halogenated alkanes) is 3. The SMILES string of the molecule is CCCCCCOC(=O)C(C)S(=O)(=O)c1ccc([N+](=O)[O-])cc1. The first-order valence-corrected chi connectivity index (χ1v) is 9.00. The number of non-ortho nitro benzene ring substituents is 1. The number of nitrogens with zero attached hydrogens (tertiary/aromatic N) is 1. The predicted octanol–water partition coefficient (Wildman–Crippen LogP) is 2.88. The maximum atomic E-state index is 12.3. The molecule has 1 rings (SSSR count). The van der Waals surface area contributed by atoms with E-state index in [0.29, 0.717) is 6.42 Å². The summed E-state index contributed by atoms with van der Waals surface area (Å²) in [6.07, 6.45) is 3.71. The lowest BCUT2D eigenvalue weighted by atomic mass is 10.2. The average Bonchev–Trinajstić information content (AvgIpc) is 2.53. The number of ether oxygens (including phenoxy) is 1. The highest BCUT2D eigenvalue weighted by Crippen LogP contribution is 2.20. The Morgan fingerprint density at radius 3 is 2.35 bits per heavy atom. The predicted molar refractivity (Wildman–Crippen MR) is 84.8 cm³/mol. The largest absolute Gasteiger partial charge is 0.465 e. The molecule has 0 aliphatic heterocycles. The Balaban J connectivity index is 2.70. The van der Waals surface area contributed by atoms with Gasteiger partial charge in [0.2, 0.25) is 0 Å². The van der Waals surface area contributed by atoms with Crippen LogP contribution in [0.4, 0.5) is 5.69 Å². The minimum absolute atomic E-state index is 0.140. The third-order valence-electron chi connectivity index (χ3n) is 3.42. The van der Waals surface area contributed by atoms with Gasteiger partial charge in [-0.25, -0.2) is 8.42 Å². The molecule has 8 heteroatoms. The first-order valence-electron chi connectivity index (χ1n) is 7.45. The number of hydrogen-bond donors (Lipinski definition) is 0. The highest BCUT2D eigenvalue weighted by molar-refractivity contribution is 7.92. The lowest BCUT2D eigenvalue weighted by molar-refractivity contribution is -0.384. The summed E-state index contributed by atoms with van der Waals surface area (Å²) >= 11 is 0. The van der Waals surface area contributed by atoms with Crippen molar-refractivity contribution in [3.05, 3.63) is 34.4 Å². The average molecular weight is 343 g/mol. The van der Waals surface area contributed by atoms with Crippen LogP contribution in [0.25, 0.3) is 0 Å². The third kappa shape index (κ3) is 5.31. The van der Waals surface area contributed by atoms with E-state index in [2.05, 4.69) is 6.92 Å². The molecule has 1 unspecified atom stereocenters. The molecule has 23 heavy (non-hydrogen) atoms. The van der Waals surface area contributed by atoms with Gasteiger partial charge in [0, 0.05) is 12.1 Å². The summed E-state index contributed by atoms with van der Waals surface area (Å²) in [5, 5.41) is 9.23. The van der Waals surface area contributed by atoms with Crippen LogP contribution < -0.4 is 0 Å². The van der Waals surface area contributed by atoms with Gasteiger partial charge in [0.1, 0.15) is 0 Å². The van der Waals surface area contributed by atoms with Crippen LogP contribution >= 0.6 is 0 Å². The van der Waals surface area contributed by atoms with Crippen molar-refractivity contribution < 1.29 is 22.9 Å². The summed E-state index contributed by atoms with van der Waals surface area (Å²) in [5.41, 5.74) is -0.213. The van der Waals surface area contributed by atoms with Crippen molar-refractivity contribution in [1.82, 2.24) is 0 Å². The third-order valence-corrected chi connectivity index (χ3v) is 5.47. The maximum Gasteiger partial charge on any atom is 0.324 e. The Morgan fingerprint density at radius 1 is 1.22 bits per heavy atom. The molecular formula is C15H21NO6S. The minimum atomic E-state index is -3.93. The Kier molecular flexibility index (Phi) is 7.15. The number of hydrogen-bond acceptors (Lipinski definition) is 6. The van der Waals surface area contributed by atoms with Gasteiger partial charge >= 0.3 is 5.97 Å². The first-order chi connectivity index (χ1) is 10.8. The fraction of sp³-hybridized carbons (Fsp3) is 0.533. The summed E-state index contributed by atoms with van der Waals surface area (Å²) in [6.45, 7) is 3.51. The number of carbonyl (C=O) groups excluding carboxylic acids is 1. The Hall–Kier alpha value is -1.96. The highest BCUT2D eigenvalue weighted by atomic mass is 32.2. The van der Waals surface area contributed by atoms with E-state index in [1.165, 1.54) is 6.92 Å². The van der Waals surface area contributed by atoms with E-state index in [-0.39, 0.29) is 17.2 Å². The molecule has 0 amide bonds. The monoisotopic (exact) mass is 343 g/mol. The number of sulfone groups is 1. The van der Waals surface area contributed by atoms with Gasteiger partial charge in [-0.2, -0.15) is 0 Å². The van der Waals surface area contributed by atoms with E-state index in [1.54, 1.807) is 0 Å². The molecular weight excluding hydrogens is 322 g/mol. The first kappa shape index (κ1) is 19.1. The zero-order valence-corrected chi connectivity index (χ0v) is 14.0. The van der Waals surface area contributed by atoms with Crippen LogP contribution in [0.3, 0.4) is 0 Å². The molecule has 0 N–H and O–H groups in total. The van der Waals surface area contributed by atoms with Crippen LogP contribution in [0.2, 0.25) is 0 Å².